The summed E-state index contributed by atoms with van der Waals surface area (Å²) >= 11 is 0. The highest BCUT2D eigenvalue weighted by atomic mass is 15.1. The van der Waals surface area contributed by atoms with E-state index in [-0.39, 0.29) is 0 Å². The van der Waals surface area contributed by atoms with Crippen LogP contribution in [0.4, 0.5) is 0 Å². The Morgan fingerprint density at radius 3 is 3.00 bits per heavy atom. The molecule has 78 valence electrons. The molecule has 0 aromatic carbocycles. The molecule has 0 amide bonds. The quantitative estimate of drug-likeness (QED) is 0.775. The zero-order chi connectivity index (χ0) is 10.1. The Labute approximate surface area is 85.3 Å². The number of hydrogen-bond donors (Lipinski definition) is 1. The highest BCUT2D eigenvalue weighted by Gasteiger charge is 2.24. The number of nitrogens with zero attached hydrogens (tertiary/aromatic N) is 2. The molecule has 0 fully saturated rings. The molecule has 1 atom stereocenters. The van der Waals surface area contributed by atoms with E-state index < -0.39 is 0 Å². The monoisotopic (exact) mass is 193 g/mol. The summed E-state index contributed by atoms with van der Waals surface area (Å²) in [5.74, 6) is 1.77. The van der Waals surface area contributed by atoms with Gasteiger partial charge in [-0.3, -0.25) is 0 Å². The van der Waals surface area contributed by atoms with Crippen LogP contribution in [-0.2, 0) is 13.0 Å². The first kappa shape index (κ1) is 9.71. The van der Waals surface area contributed by atoms with Crippen LogP contribution in [0.25, 0.3) is 0 Å². The van der Waals surface area contributed by atoms with E-state index in [1.165, 1.54) is 30.1 Å². The van der Waals surface area contributed by atoms with Crippen LogP contribution >= 0.6 is 0 Å². The van der Waals surface area contributed by atoms with Crippen LogP contribution in [0.2, 0.25) is 0 Å². The predicted octanol–water partition coefficient (Wildman–Crippen LogP) is 1.59. The van der Waals surface area contributed by atoms with E-state index in [2.05, 4.69) is 23.4 Å². The fraction of sp³-hybridized carbons (Fsp3) is 0.727. The van der Waals surface area contributed by atoms with Gasteiger partial charge in [0.05, 0.1) is 5.69 Å². The smallest absolute Gasteiger partial charge is 0.108 e. The second-order valence-electron chi connectivity index (χ2n) is 4.08. The molecule has 1 aliphatic rings. The lowest BCUT2D eigenvalue weighted by molar-refractivity contribution is 0.448. The van der Waals surface area contributed by atoms with Crippen molar-refractivity contribution < 1.29 is 0 Å². The van der Waals surface area contributed by atoms with Crippen LogP contribution in [-0.4, -0.2) is 16.1 Å². The zero-order valence-corrected chi connectivity index (χ0v) is 9.08. The standard InChI is InChI=1S/C11H19N3/c1-3-10-13-8(2)11-9(7-12)5-4-6-14(10)11/h9H,3-7,12H2,1-2H3. The molecule has 0 saturated heterocycles. The van der Waals surface area contributed by atoms with Gasteiger partial charge in [0.25, 0.3) is 0 Å². The average Bonchev–Trinajstić information content (AvgIpc) is 2.55. The van der Waals surface area contributed by atoms with Crippen LogP contribution in [0.3, 0.4) is 0 Å². The fourth-order valence-electron chi connectivity index (χ4n) is 2.54. The first-order chi connectivity index (χ1) is 6.77. The van der Waals surface area contributed by atoms with Crippen LogP contribution in [0.5, 0.6) is 0 Å². The third kappa shape index (κ3) is 1.36. The number of aryl methyl sites for hydroxylation is 2. The number of aromatic nitrogens is 2. The molecule has 1 aliphatic heterocycles. The largest absolute Gasteiger partial charge is 0.331 e. The van der Waals surface area contributed by atoms with E-state index in [0.717, 1.165) is 19.5 Å². The Hall–Kier alpha value is -0.830. The van der Waals surface area contributed by atoms with Gasteiger partial charge in [0.2, 0.25) is 0 Å². The minimum atomic E-state index is 0.538. The van der Waals surface area contributed by atoms with Gasteiger partial charge in [0.1, 0.15) is 5.82 Å². The van der Waals surface area contributed by atoms with Crippen molar-refractivity contribution in [3.8, 4) is 0 Å². The molecule has 1 unspecified atom stereocenters. The third-order valence-corrected chi connectivity index (χ3v) is 3.19. The normalized spacial score (nSPS) is 20.9. The maximum Gasteiger partial charge on any atom is 0.108 e. The summed E-state index contributed by atoms with van der Waals surface area (Å²) in [7, 11) is 0. The molecule has 14 heavy (non-hydrogen) atoms. The van der Waals surface area contributed by atoms with Gasteiger partial charge in [-0.05, 0) is 19.8 Å². The number of hydrogen-bond acceptors (Lipinski definition) is 2. The van der Waals surface area contributed by atoms with Crippen molar-refractivity contribution in [3.63, 3.8) is 0 Å². The molecule has 0 saturated carbocycles. The minimum Gasteiger partial charge on any atom is -0.331 e. The molecule has 2 heterocycles. The molecule has 2 N–H and O–H groups in total. The van der Waals surface area contributed by atoms with Gasteiger partial charge in [0.15, 0.2) is 0 Å². The molecule has 3 nitrogen and oxygen atoms in total. The lowest BCUT2D eigenvalue weighted by atomic mass is 9.95. The summed E-state index contributed by atoms with van der Waals surface area (Å²) in [6.07, 6.45) is 3.50. The van der Waals surface area contributed by atoms with Gasteiger partial charge in [-0.25, -0.2) is 4.98 Å². The van der Waals surface area contributed by atoms with Gasteiger partial charge < -0.3 is 10.3 Å². The highest BCUT2D eigenvalue weighted by Crippen LogP contribution is 2.30. The van der Waals surface area contributed by atoms with Crippen LogP contribution in [0, 0.1) is 6.92 Å². The molecule has 0 spiro atoms. The van der Waals surface area contributed by atoms with E-state index in [9.17, 15) is 0 Å². The molecular weight excluding hydrogens is 174 g/mol. The van der Waals surface area contributed by atoms with E-state index in [1.54, 1.807) is 0 Å². The summed E-state index contributed by atoms with van der Waals surface area (Å²) in [6, 6.07) is 0. The van der Waals surface area contributed by atoms with Crippen LogP contribution in [0.1, 0.15) is 42.9 Å². The van der Waals surface area contributed by atoms with Crippen molar-refractivity contribution in [1.29, 1.82) is 0 Å². The average molecular weight is 193 g/mol. The van der Waals surface area contributed by atoms with Crippen LogP contribution < -0.4 is 5.73 Å². The van der Waals surface area contributed by atoms with Crippen molar-refractivity contribution in [2.75, 3.05) is 6.54 Å². The van der Waals surface area contributed by atoms with E-state index >= 15 is 0 Å². The van der Waals surface area contributed by atoms with Crippen molar-refractivity contribution in [3.05, 3.63) is 17.2 Å². The highest BCUT2D eigenvalue weighted by molar-refractivity contribution is 5.22. The summed E-state index contributed by atoms with van der Waals surface area (Å²) in [6.45, 7) is 6.17. The lowest BCUT2D eigenvalue weighted by Gasteiger charge is -2.24. The molecule has 1 aromatic heterocycles. The number of fused-ring (bicyclic) bond motifs is 1. The minimum absolute atomic E-state index is 0.538. The van der Waals surface area contributed by atoms with Crippen molar-refractivity contribution in [1.82, 2.24) is 9.55 Å². The summed E-state index contributed by atoms with van der Waals surface area (Å²) in [5.41, 5.74) is 8.39. The topological polar surface area (TPSA) is 43.8 Å². The fourth-order valence-corrected chi connectivity index (χ4v) is 2.54. The first-order valence-corrected chi connectivity index (χ1v) is 5.53. The zero-order valence-electron chi connectivity index (χ0n) is 9.08. The first-order valence-electron chi connectivity index (χ1n) is 5.53. The Balaban J connectivity index is 2.46. The van der Waals surface area contributed by atoms with Gasteiger partial charge in [0, 0.05) is 31.1 Å². The lowest BCUT2D eigenvalue weighted by Crippen LogP contribution is -2.23. The second-order valence-corrected chi connectivity index (χ2v) is 4.08. The molecule has 1 aromatic rings. The van der Waals surface area contributed by atoms with Crippen LogP contribution in [0.15, 0.2) is 0 Å². The maximum atomic E-state index is 5.80. The molecule has 0 aliphatic carbocycles. The van der Waals surface area contributed by atoms with E-state index in [1.807, 2.05) is 0 Å². The van der Waals surface area contributed by atoms with Crippen molar-refractivity contribution in [2.45, 2.75) is 45.6 Å². The Kier molecular flexibility index (Phi) is 2.59. The number of nitrogens with two attached hydrogens (primary N) is 1. The summed E-state index contributed by atoms with van der Waals surface area (Å²) in [5, 5.41) is 0. The molecule has 0 radical (unpaired) electrons. The van der Waals surface area contributed by atoms with Gasteiger partial charge in [-0.1, -0.05) is 6.92 Å². The molecule has 2 rings (SSSR count). The van der Waals surface area contributed by atoms with Crippen molar-refractivity contribution >= 4 is 0 Å². The van der Waals surface area contributed by atoms with Gasteiger partial charge in [-0.2, -0.15) is 0 Å². The predicted molar refractivity (Wildman–Crippen MR) is 57.4 cm³/mol. The van der Waals surface area contributed by atoms with Gasteiger partial charge in [-0.15, -0.1) is 0 Å². The third-order valence-electron chi connectivity index (χ3n) is 3.19. The Bertz CT molecular complexity index is 328. The van der Waals surface area contributed by atoms with E-state index in [0.29, 0.717) is 5.92 Å². The SMILES string of the molecule is CCc1nc(C)c2n1CCCC2CN. The molecular formula is C11H19N3. The van der Waals surface area contributed by atoms with E-state index in [4.69, 9.17) is 5.73 Å². The summed E-state index contributed by atoms with van der Waals surface area (Å²) in [4.78, 5) is 4.62. The van der Waals surface area contributed by atoms with Crippen molar-refractivity contribution in [2.24, 2.45) is 5.73 Å². The maximum absolute atomic E-state index is 5.80. The summed E-state index contributed by atoms with van der Waals surface area (Å²) < 4.78 is 2.39. The second kappa shape index (κ2) is 3.73. The molecule has 0 bridgehead atoms. The Morgan fingerprint density at radius 1 is 1.57 bits per heavy atom. The Morgan fingerprint density at radius 2 is 2.36 bits per heavy atom. The number of imidazole rings is 1. The van der Waals surface area contributed by atoms with Gasteiger partial charge >= 0.3 is 0 Å². The molecule has 3 heteroatoms. The number of rotatable bonds is 2.